The van der Waals surface area contributed by atoms with Crippen LogP contribution in [0.2, 0.25) is 5.02 Å². The van der Waals surface area contributed by atoms with Crippen molar-refractivity contribution in [1.29, 1.82) is 0 Å². The first kappa shape index (κ1) is 19.7. The molecular formula is C26H29ClN2O2. The van der Waals surface area contributed by atoms with Gasteiger partial charge >= 0.3 is 0 Å². The standard InChI is InChI=1S/C26H29ClN2O2/c1-31-19-5-2-4-18(12-19)25-10-11-29(15-17-8-9-17)16-26(25,30)13-21-20-6-3-7-22(27)24(20)28-23(21)14-25/h2-7,12,17,28,30H,8-11,13-16H2,1H3. The fourth-order valence-corrected chi connectivity index (χ4v) is 6.38. The van der Waals surface area contributed by atoms with E-state index in [0.29, 0.717) is 13.0 Å². The molecule has 1 aliphatic heterocycles. The first-order valence-electron chi connectivity index (χ1n) is 11.4. The lowest BCUT2D eigenvalue weighted by Gasteiger charge is -2.56. The molecule has 0 amide bonds. The average molecular weight is 437 g/mol. The molecule has 1 saturated heterocycles. The first-order chi connectivity index (χ1) is 15.0. The Morgan fingerprint density at radius 1 is 1.19 bits per heavy atom. The molecule has 6 rings (SSSR count). The molecule has 0 bridgehead atoms. The summed E-state index contributed by atoms with van der Waals surface area (Å²) in [5, 5.41) is 14.3. The Bertz CT molecular complexity index is 1150. The molecule has 2 fully saturated rings. The Morgan fingerprint density at radius 3 is 2.84 bits per heavy atom. The number of rotatable bonds is 4. The van der Waals surface area contributed by atoms with Crippen molar-refractivity contribution >= 4 is 22.5 Å². The Kier molecular flexibility index (Phi) is 4.44. The number of fused-ring (bicyclic) bond motifs is 4. The number of aliphatic hydroxyl groups is 1. The monoisotopic (exact) mass is 436 g/mol. The number of methoxy groups -OCH3 is 1. The number of piperidine rings is 1. The molecule has 2 aliphatic carbocycles. The summed E-state index contributed by atoms with van der Waals surface area (Å²) in [6.07, 6.45) is 5.03. The normalized spacial score (nSPS) is 28.4. The van der Waals surface area contributed by atoms with Gasteiger partial charge < -0.3 is 19.7 Å². The molecule has 2 aromatic carbocycles. The third kappa shape index (κ3) is 3.03. The van der Waals surface area contributed by atoms with Crippen LogP contribution in [-0.4, -0.2) is 47.3 Å². The van der Waals surface area contributed by atoms with Crippen molar-refractivity contribution in [2.24, 2.45) is 5.92 Å². The highest BCUT2D eigenvalue weighted by Crippen LogP contribution is 2.52. The Balaban J connectivity index is 1.50. The zero-order chi connectivity index (χ0) is 21.2. The van der Waals surface area contributed by atoms with Crippen molar-refractivity contribution in [2.45, 2.75) is 43.1 Å². The van der Waals surface area contributed by atoms with Crippen LogP contribution >= 0.6 is 11.6 Å². The number of nitrogens with one attached hydrogen (secondary N) is 1. The van der Waals surface area contributed by atoms with E-state index in [1.807, 2.05) is 18.2 Å². The van der Waals surface area contributed by atoms with Crippen LogP contribution in [0.15, 0.2) is 42.5 Å². The highest BCUT2D eigenvalue weighted by molar-refractivity contribution is 6.35. The van der Waals surface area contributed by atoms with E-state index >= 15 is 0 Å². The lowest BCUT2D eigenvalue weighted by molar-refractivity contribution is -0.103. The zero-order valence-electron chi connectivity index (χ0n) is 18.0. The maximum atomic E-state index is 12.4. The summed E-state index contributed by atoms with van der Waals surface area (Å²) >= 11 is 6.52. The minimum Gasteiger partial charge on any atom is -0.497 e. The van der Waals surface area contributed by atoms with Gasteiger partial charge in [0.15, 0.2) is 0 Å². The van der Waals surface area contributed by atoms with Crippen LogP contribution in [0.4, 0.5) is 0 Å². The second kappa shape index (κ2) is 6.99. The third-order valence-electron chi connectivity index (χ3n) is 7.99. The van der Waals surface area contributed by atoms with Crippen molar-refractivity contribution in [3.63, 3.8) is 0 Å². The summed E-state index contributed by atoms with van der Waals surface area (Å²) < 4.78 is 5.55. The molecule has 4 nitrogen and oxygen atoms in total. The van der Waals surface area contributed by atoms with Gasteiger partial charge in [-0.3, -0.25) is 0 Å². The molecule has 3 aliphatic rings. The number of hydrogen-bond acceptors (Lipinski definition) is 3. The van der Waals surface area contributed by atoms with Gasteiger partial charge in [0.25, 0.3) is 0 Å². The number of ether oxygens (including phenoxy) is 1. The molecule has 3 aromatic rings. The summed E-state index contributed by atoms with van der Waals surface area (Å²) in [7, 11) is 1.71. The Labute approximate surface area is 188 Å². The van der Waals surface area contributed by atoms with E-state index in [1.54, 1.807) is 7.11 Å². The van der Waals surface area contributed by atoms with Gasteiger partial charge in [-0.1, -0.05) is 35.9 Å². The highest BCUT2D eigenvalue weighted by atomic mass is 35.5. The highest BCUT2D eigenvalue weighted by Gasteiger charge is 2.57. The van der Waals surface area contributed by atoms with Gasteiger partial charge in [0.1, 0.15) is 5.75 Å². The Morgan fingerprint density at radius 2 is 2.03 bits per heavy atom. The van der Waals surface area contributed by atoms with Crippen LogP contribution in [0, 0.1) is 5.92 Å². The van der Waals surface area contributed by atoms with Gasteiger partial charge in [0.2, 0.25) is 0 Å². The third-order valence-corrected chi connectivity index (χ3v) is 8.31. The predicted molar refractivity (Wildman–Crippen MR) is 124 cm³/mol. The molecule has 31 heavy (non-hydrogen) atoms. The van der Waals surface area contributed by atoms with Crippen molar-refractivity contribution in [3.8, 4) is 5.75 Å². The molecule has 2 N–H and O–H groups in total. The number of hydrogen-bond donors (Lipinski definition) is 2. The van der Waals surface area contributed by atoms with Crippen molar-refractivity contribution in [1.82, 2.24) is 9.88 Å². The molecule has 2 atom stereocenters. The summed E-state index contributed by atoms with van der Waals surface area (Å²) in [6.45, 7) is 2.85. The van der Waals surface area contributed by atoms with Gasteiger partial charge in [-0.2, -0.15) is 0 Å². The van der Waals surface area contributed by atoms with E-state index in [4.69, 9.17) is 16.3 Å². The summed E-state index contributed by atoms with van der Waals surface area (Å²) in [6, 6.07) is 14.4. The smallest absolute Gasteiger partial charge is 0.119 e. The number of aromatic nitrogens is 1. The van der Waals surface area contributed by atoms with Gasteiger partial charge in [-0.05, 0) is 61.1 Å². The largest absolute Gasteiger partial charge is 0.497 e. The predicted octanol–water partition coefficient (Wildman–Crippen LogP) is 4.71. The second-order valence-corrected chi connectivity index (χ2v) is 10.3. The van der Waals surface area contributed by atoms with E-state index in [9.17, 15) is 5.11 Å². The van der Waals surface area contributed by atoms with Gasteiger partial charge in [0.05, 0.1) is 23.3 Å². The lowest BCUT2D eigenvalue weighted by atomic mass is 9.56. The quantitative estimate of drug-likeness (QED) is 0.622. The summed E-state index contributed by atoms with van der Waals surface area (Å²) in [5.41, 5.74) is 3.43. The maximum Gasteiger partial charge on any atom is 0.119 e. The van der Waals surface area contributed by atoms with E-state index in [-0.39, 0.29) is 5.41 Å². The van der Waals surface area contributed by atoms with E-state index in [2.05, 4.69) is 34.1 Å². The number of β-amino-alcohol motifs (C(OH)–C–C–N with tert-alkyl or cyclic N) is 1. The number of nitrogens with zero attached hydrogens (tertiary/aromatic N) is 1. The van der Waals surface area contributed by atoms with Crippen LogP contribution < -0.4 is 4.74 Å². The zero-order valence-corrected chi connectivity index (χ0v) is 18.7. The van der Waals surface area contributed by atoms with Gasteiger partial charge in [-0.25, -0.2) is 0 Å². The molecule has 0 spiro atoms. The van der Waals surface area contributed by atoms with Crippen LogP contribution in [0.25, 0.3) is 10.9 Å². The number of benzene rings is 2. The van der Waals surface area contributed by atoms with Crippen LogP contribution in [-0.2, 0) is 18.3 Å². The van der Waals surface area contributed by atoms with E-state index in [1.165, 1.54) is 29.7 Å². The number of para-hydroxylation sites is 1. The molecule has 0 radical (unpaired) electrons. The van der Waals surface area contributed by atoms with E-state index < -0.39 is 5.60 Å². The average Bonchev–Trinajstić information content (AvgIpc) is 3.52. The van der Waals surface area contributed by atoms with Crippen molar-refractivity contribution < 1.29 is 9.84 Å². The van der Waals surface area contributed by atoms with Gasteiger partial charge in [-0.15, -0.1) is 0 Å². The van der Waals surface area contributed by atoms with Crippen LogP contribution in [0.1, 0.15) is 36.1 Å². The number of likely N-dealkylation sites (tertiary alicyclic amines) is 1. The minimum absolute atomic E-state index is 0.345. The number of aromatic amines is 1. The second-order valence-electron chi connectivity index (χ2n) is 9.87. The topological polar surface area (TPSA) is 48.5 Å². The maximum absolute atomic E-state index is 12.4. The molecule has 5 heteroatoms. The fraction of sp³-hybridized carbons (Fsp3) is 0.462. The SMILES string of the molecule is COc1cccc(C23CCN(CC4CC4)CC2(O)Cc2c([nH]c4c(Cl)cccc24)C3)c1. The molecule has 2 unspecified atom stereocenters. The lowest BCUT2D eigenvalue weighted by Crippen LogP contribution is -2.66. The molecule has 2 heterocycles. The van der Waals surface area contributed by atoms with Gasteiger partial charge in [0, 0.05) is 42.4 Å². The molecule has 1 saturated carbocycles. The minimum atomic E-state index is -0.836. The summed E-state index contributed by atoms with van der Waals surface area (Å²) in [5.74, 6) is 1.67. The first-order valence-corrected chi connectivity index (χ1v) is 11.8. The molecule has 162 valence electrons. The van der Waals surface area contributed by atoms with Crippen LogP contribution in [0.5, 0.6) is 5.75 Å². The number of H-pyrrole nitrogens is 1. The van der Waals surface area contributed by atoms with Crippen molar-refractivity contribution in [3.05, 3.63) is 64.3 Å². The number of halogens is 1. The fourth-order valence-electron chi connectivity index (χ4n) is 6.16. The molecule has 1 aromatic heterocycles. The van der Waals surface area contributed by atoms with Crippen molar-refractivity contribution in [2.75, 3.05) is 26.7 Å². The summed E-state index contributed by atoms with van der Waals surface area (Å²) in [4.78, 5) is 6.13. The molecular weight excluding hydrogens is 408 g/mol. The van der Waals surface area contributed by atoms with Crippen LogP contribution in [0.3, 0.4) is 0 Å². The van der Waals surface area contributed by atoms with E-state index in [0.717, 1.165) is 53.5 Å². The Hall–Kier alpha value is -2.01.